The lowest BCUT2D eigenvalue weighted by molar-refractivity contribution is -0.154. The fraction of sp³-hybridized carbons (Fsp3) is 0.438. The minimum atomic E-state index is -0.776. The molecule has 0 aromatic heterocycles. The van der Waals surface area contributed by atoms with E-state index in [1.807, 2.05) is 30.3 Å². The van der Waals surface area contributed by atoms with Crippen LogP contribution in [0.1, 0.15) is 24.8 Å². The Labute approximate surface area is 118 Å². The van der Waals surface area contributed by atoms with Crippen LogP contribution in [0.25, 0.3) is 0 Å². The molecule has 0 heterocycles. The van der Waals surface area contributed by atoms with Crippen LogP contribution in [-0.4, -0.2) is 24.6 Å². The van der Waals surface area contributed by atoms with Crippen molar-refractivity contribution in [3.63, 3.8) is 0 Å². The molecule has 1 aromatic rings. The van der Waals surface area contributed by atoms with E-state index in [2.05, 4.69) is 0 Å². The molecular formula is C16H18O4. The van der Waals surface area contributed by atoms with Gasteiger partial charge in [-0.1, -0.05) is 30.3 Å². The van der Waals surface area contributed by atoms with Gasteiger partial charge in [0.1, 0.15) is 11.7 Å². The second-order valence-electron chi connectivity index (χ2n) is 5.17. The Kier molecular flexibility index (Phi) is 4.66. The monoisotopic (exact) mass is 274 g/mol. The quantitative estimate of drug-likeness (QED) is 0.622. The van der Waals surface area contributed by atoms with E-state index in [1.165, 1.54) is 7.11 Å². The SMILES string of the molecule is COC(=O)C1C(=O)CC(=O)CC1CCc1ccccc1. The summed E-state index contributed by atoms with van der Waals surface area (Å²) in [6.07, 6.45) is 1.54. The maximum atomic E-state index is 11.9. The van der Waals surface area contributed by atoms with E-state index in [4.69, 9.17) is 4.74 Å². The van der Waals surface area contributed by atoms with Crippen molar-refractivity contribution in [3.8, 4) is 0 Å². The first-order valence-electron chi connectivity index (χ1n) is 6.78. The number of hydrogen-bond acceptors (Lipinski definition) is 4. The number of ether oxygens (including phenoxy) is 1. The van der Waals surface area contributed by atoms with Crippen LogP contribution in [-0.2, 0) is 25.5 Å². The molecule has 0 amide bonds. The summed E-state index contributed by atoms with van der Waals surface area (Å²) in [6.45, 7) is 0. The molecular weight excluding hydrogens is 256 g/mol. The Balaban J connectivity index is 2.07. The number of carbonyl (C=O) groups excluding carboxylic acids is 3. The van der Waals surface area contributed by atoms with E-state index >= 15 is 0 Å². The summed E-state index contributed by atoms with van der Waals surface area (Å²) in [4.78, 5) is 35.2. The molecule has 1 aliphatic rings. The Bertz CT molecular complexity index is 506. The number of Topliss-reactive ketones (excluding diaryl/α,β-unsaturated/α-hetero) is 2. The lowest BCUT2D eigenvalue weighted by Crippen LogP contribution is -2.39. The molecule has 1 fully saturated rings. The van der Waals surface area contributed by atoms with Gasteiger partial charge in [-0.25, -0.2) is 0 Å². The maximum Gasteiger partial charge on any atom is 0.316 e. The van der Waals surface area contributed by atoms with Gasteiger partial charge in [-0.05, 0) is 24.3 Å². The smallest absolute Gasteiger partial charge is 0.316 e. The fourth-order valence-electron chi connectivity index (χ4n) is 2.77. The molecule has 1 aliphatic carbocycles. The van der Waals surface area contributed by atoms with Crippen LogP contribution < -0.4 is 0 Å². The molecule has 4 heteroatoms. The van der Waals surface area contributed by atoms with Gasteiger partial charge >= 0.3 is 5.97 Å². The minimum absolute atomic E-state index is 0.0757. The standard InChI is InChI=1S/C16H18O4/c1-20-16(19)15-12(9-13(17)10-14(15)18)8-7-11-5-3-2-4-6-11/h2-6,12,15H,7-10H2,1H3. The number of methoxy groups -OCH3 is 1. The van der Waals surface area contributed by atoms with Gasteiger partial charge in [-0.15, -0.1) is 0 Å². The Hall–Kier alpha value is -1.97. The second-order valence-corrected chi connectivity index (χ2v) is 5.17. The summed E-state index contributed by atoms with van der Waals surface area (Å²) in [5, 5.41) is 0. The molecule has 0 aliphatic heterocycles. The van der Waals surface area contributed by atoms with Gasteiger partial charge in [0.05, 0.1) is 13.5 Å². The first-order valence-corrected chi connectivity index (χ1v) is 6.78. The number of carbonyl (C=O) groups is 3. The van der Waals surface area contributed by atoms with E-state index in [9.17, 15) is 14.4 Å². The van der Waals surface area contributed by atoms with Gasteiger partial charge in [-0.3, -0.25) is 14.4 Å². The molecule has 0 N–H and O–H groups in total. The zero-order valence-corrected chi connectivity index (χ0v) is 11.5. The first-order chi connectivity index (χ1) is 9.61. The molecule has 0 radical (unpaired) electrons. The third-order valence-corrected chi connectivity index (χ3v) is 3.78. The molecule has 0 spiro atoms. The van der Waals surface area contributed by atoms with Crippen molar-refractivity contribution >= 4 is 17.5 Å². The molecule has 1 aromatic carbocycles. The van der Waals surface area contributed by atoms with Crippen molar-refractivity contribution in [3.05, 3.63) is 35.9 Å². The Morgan fingerprint density at radius 3 is 2.60 bits per heavy atom. The zero-order valence-electron chi connectivity index (χ0n) is 11.5. The topological polar surface area (TPSA) is 60.4 Å². The van der Waals surface area contributed by atoms with Crippen molar-refractivity contribution in [1.82, 2.24) is 0 Å². The van der Waals surface area contributed by atoms with Crippen LogP contribution >= 0.6 is 0 Å². The maximum absolute atomic E-state index is 11.9. The van der Waals surface area contributed by atoms with E-state index in [0.29, 0.717) is 12.8 Å². The highest BCUT2D eigenvalue weighted by atomic mass is 16.5. The van der Waals surface area contributed by atoms with E-state index in [-0.39, 0.29) is 23.9 Å². The summed E-state index contributed by atoms with van der Waals surface area (Å²) in [7, 11) is 1.28. The summed E-state index contributed by atoms with van der Waals surface area (Å²) in [6, 6.07) is 9.84. The summed E-state index contributed by atoms with van der Waals surface area (Å²) in [5.74, 6) is -1.90. The molecule has 20 heavy (non-hydrogen) atoms. The van der Waals surface area contributed by atoms with E-state index in [0.717, 1.165) is 12.0 Å². The number of hydrogen-bond donors (Lipinski definition) is 0. The molecule has 4 nitrogen and oxygen atoms in total. The highest BCUT2D eigenvalue weighted by molar-refractivity contribution is 6.10. The molecule has 0 saturated heterocycles. The third-order valence-electron chi connectivity index (χ3n) is 3.78. The average Bonchev–Trinajstić information content (AvgIpc) is 2.45. The van der Waals surface area contributed by atoms with E-state index in [1.54, 1.807) is 0 Å². The second kappa shape index (κ2) is 6.46. The predicted octanol–water partition coefficient (Wildman–Crippen LogP) is 1.96. The van der Waals surface area contributed by atoms with Crippen molar-refractivity contribution in [1.29, 1.82) is 0 Å². The normalized spacial score (nSPS) is 22.6. The van der Waals surface area contributed by atoms with Gasteiger partial charge in [0.15, 0.2) is 5.78 Å². The fourth-order valence-corrected chi connectivity index (χ4v) is 2.77. The third kappa shape index (κ3) is 3.32. The van der Waals surface area contributed by atoms with Gasteiger partial charge in [0.2, 0.25) is 0 Å². The van der Waals surface area contributed by atoms with Gasteiger partial charge in [0.25, 0.3) is 0 Å². The van der Waals surface area contributed by atoms with E-state index < -0.39 is 11.9 Å². The van der Waals surface area contributed by atoms with Crippen LogP contribution in [0.15, 0.2) is 30.3 Å². The van der Waals surface area contributed by atoms with Crippen molar-refractivity contribution < 1.29 is 19.1 Å². The van der Waals surface area contributed by atoms with Crippen LogP contribution in [0.5, 0.6) is 0 Å². The van der Waals surface area contributed by atoms with Gasteiger partial charge < -0.3 is 4.74 Å². The number of ketones is 2. The first kappa shape index (κ1) is 14.4. The molecule has 106 valence electrons. The number of rotatable bonds is 4. The van der Waals surface area contributed by atoms with Crippen LogP contribution in [0, 0.1) is 11.8 Å². The highest BCUT2D eigenvalue weighted by Gasteiger charge is 2.40. The Morgan fingerprint density at radius 2 is 1.95 bits per heavy atom. The highest BCUT2D eigenvalue weighted by Crippen LogP contribution is 2.30. The summed E-state index contributed by atoms with van der Waals surface area (Å²) in [5.41, 5.74) is 1.14. The zero-order chi connectivity index (χ0) is 14.5. The lowest BCUT2D eigenvalue weighted by Gasteiger charge is -2.27. The lowest BCUT2D eigenvalue weighted by atomic mass is 9.75. The number of esters is 1. The Morgan fingerprint density at radius 1 is 1.25 bits per heavy atom. The number of aryl methyl sites for hydroxylation is 1. The predicted molar refractivity (Wildman–Crippen MR) is 73.0 cm³/mol. The van der Waals surface area contributed by atoms with Gasteiger partial charge in [0, 0.05) is 6.42 Å². The molecule has 2 atom stereocenters. The summed E-state index contributed by atoms with van der Waals surface area (Å²) >= 11 is 0. The van der Waals surface area contributed by atoms with Crippen LogP contribution in [0.3, 0.4) is 0 Å². The van der Waals surface area contributed by atoms with Crippen molar-refractivity contribution in [2.24, 2.45) is 11.8 Å². The largest absolute Gasteiger partial charge is 0.468 e. The minimum Gasteiger partial charge on any atom is -0.468 e. The van der Waals surface area contributed by atoms with Gasteiger partial charge in [-0.2, -0.15) is 0 Å². The summed E-state index contributed by atoms with van der Waals surface area (Å²) < 4.78 is 4.71. The van der Waals surface area contributed by atoms with Crippen molar-refractivity contribution in [2.45, 2.75) is 25.7 Å². The van der Waals surface area contributed by atoms with Crippen LogP contribution in [0.4, 0.5) is 0 Å². The van der Waals surface area contributed by atoms with Crippen molar-refractivity contribution in [2.75, 3.05) is 7.11 Å². The average molecular weight is 274 g/mol. The number of benzene rings is 1. The molecule has 2 unspecified atom stereocenters. The van der Waals surface area contributed by atoms with Crippen LogP contribution in [0.2, 0.25) is 0 Å². The molecule has 1 saturated carbocycles. The molecule has 0 bridgehead atoms. The molecule has 2 rings (SSSR count).